The van der Waals surface area contributed by atoms with Crippen LogP contribution in [0.3, 0.4) is 0 Å². The molecule has 1 fully saturated rings. The summed E-state index contributed by atoms with van der Waals surface area (Å²) in [5, 5.41) is 0. The Morgan fingerprint density at radius 2 is 1.88 bits per heavy atom. The van der Waals surface area contributed by atoms with Crippen molar-refractivity contribution in [2.75, 3.05) is 19.7 Å². The van der Waals surface area contributed by atoms with E-state index in [9.17, 15) is 4.79 Å². The SMILES string of the molecule is CCOC(=O)c1ccc(O[C@@H]2CCN(Cc3ccccc3)C2)cc1. The molecule has 0 aliphatic carbocycles. The first-order chi connectivity index (χ1) is 11.7. The minimum atomic E-state index is -0.293. The van der Waals surface area contributed by atoms with Gasteiger partial charge in [-0.15, -0.1) is 0 Å². The molecule has 1 atom stereocenters. The Balaban J connectivity index is 1.51. The largest absolute Gasteiger partial charge is 0.489 e. The lowest BCUT2D eigenvalue weighted by Gasteiger charge is -2.17. The first-order valence-corrected chi connectivity index (χ1v) is 8.44. The molecule has 0 saturated carbocycles. The molecule has 4 heteroatoms. The average Bonchev–Trinajstić information content (AvgIpc) is 3.03. The van der Waals surface area contributed by atoms with Gasteiger partial charge in [-0.25, -0.2) is 4.79 Å². The van der Waals surface area contributed by atoms with E-state index >= 15 is 0 Å². The van der Waals surface area contributed by atoms with E-state index in [-0.39, 0.29) is 12.1 Å². The second kappa shape index (κ2) is 7.97. The van der Waals surface area contributed by atoms with Gasteiger partial charge in [-0.1, -0.05) is 30.3 Å². The molecule has 4 nitrogen and oxygen atoms in total. The van der Waals surface area contributed by atoms with Crippen LogP contribution in [0.5, 0.6) is 5.75 Å². The van der Waals surface area contributed by atoms with E-state index in [0.717, 1.165) is 31.8 Å². The maximum atomic E-state index is 11.6. The third kappa shape index (κ3) is 4.36. The van der Waals surface area contributed by atoms with Crippen molar-refractivity contribution in [3.8, 4) is 5.75 Å². The van der Waals surface area contributed by atoms with E-state index in [1.807, 2.05) is 18.2 Å². The fraction of sp³-hybridized carbons (Fsp3) is 0.350. The highest BCUT2D eigenvalue weighted by molar-refractivity contribution is 5.89. The maximum absolute atomic E-state index is 11.6. The van der Waals surface area contributed by atoms with Crippen LogP contribution in [0.2, 0.25) is 0 Å². The fourth-order valence-electron chi connectivity index (χ4n) is 2.96. The van der Waals surface area contributed by atoms with Gasteiger partial charge < -0.3 is 9.47 Å². The molecule has 2 aromatic carbocycles. The number of carbonyl (C=O) groups is 1. The highest BCUT2D eigenvalue weighted by atomic mass is 16.5. The van der Waals surface area contributed by atoms with Gasteiger partial charge in [0.1, 0.15) is 11.9 Å². The molecular formula is C20H23NO3. The van der Waals surface area contributed by atoms with Crippen LogP contribution in [-0.2, 0) is 11.3 Å². The predicted octanol–water partition coefficient (Wildman–Crippen LogP) is 3.52. The van der Waals surface area contributed by atoms with Gasteiger partial charge in [0.15, 0.2) is 0 Å². The molecule has 0 radical (unpaired) electrons. The van der Waals surface area contributed by atoms with Gasteiger partial charge >= 0.3 is 5.97 Å². The van der Waals surface area contributed by atoms with E-state index in [1.165, 1.54) is 5.56 Å². The number of hydrogen-bond donors (Lipinski definition) is 0. The molecule has 2 aromatic rings. The van der Waals surface area contributed by atoms with E-state index in [4.69, 9.17) is 9.47 Å². The number of hydrogen-bond acceptors (Lipinski definition) is 4. The summed E-state index contributed by atoms with van der Waals surface area (Å²) >= 11 is 0. The summed E-state index contributed by atoms with van der Waals surface area (Å²) in [7, 11) is 0. The van der Waals surface area contributed by atoms with Gasteiger partial charge in [-0.2, -0.15) is 0 Å². The lowest BCUT2D eigenvalue weighted by Crippen LogP contribution is -2.24. The smallest absolute Gasteiger partial charge is 0.338 e. The molecule has 1 saturated heterocycles. The molecule has 0 spiro atoms. The van der Waals surface area contributed by atoms with Crippen molar-refractivity contribution in [1.82, 2.24) is 4.90 Å². The Bertz CT molecular complexity index is 654. The Morgan fingerprint density at radius 1 is 1.12 bits per heavy atom. The Labute approximate surface area is 143 Å². The Kier molecular flexibility index (Phi) is 5.49. The van der Waals surface area contributed by atoms with E-state index in [0.29, 0.717) is 12.2 Å². The van der Waals surface area contributed by atoms with Crippen molar-refractivity contribution < 1.29 is 14.3 Å². The number of rotatable bonds is 6. The standard InChI is InChI=1S/C20H23NO3/c1-2-23-20(22)17-8-10-18(11-9-17)24-19-12-13-21(15-19)14-16-6-4-3-5-7-16/h3-11,19H,2,12-15H2,1H3/t19-/m1/s1. The summed E-state index contributed by atoms with van der Waals surface area (Å²) in [6.45, 7) is 5.12. The number of ether oxygens (including phenoxy) is 2. The third-order valence-corrected chi connectivity index (χ3v) is 4.15. The molecular weight excluding hydrogens is 302 g/mol. The minimum absolute atomic E-state index is 0.196. The van der Waals surface area contributed by atoms with Crippen molar-refractivity contribution in [3.05, 3.63) is 65.7 Å². The topological polar surface area (TPSA) is 38.8 Å². The molecule has 1 aliphatic heterocycles. The molecule has 1 heterocycles. The summed E-state index contributed by atoms with van der Waals surface area (Å²) < 4.78 is 11.0. The number of nitrogens with zero attached hydrogens (tertiary/aromatic N) is 1. The lowest BCUT2D eigenvalue weighted by atomic mass is 10.2. The molecule has 24 heavy (non-hydrogen) atoms. The molecule has 126 valence electrons. The Hall–Kier alpha value is -2.33. The van der Waals surface area contributed by atoms with Crippen LogP contribution >= 0.6 is 0 Å². The molecule has 1 aliphatic rings. The quantitative estimate of drug-likeness (QED) is 0.762. The van der Waals surface area contributed by atoms with Crippen LogP contribution in [0, 0.1) is 0 Å². The number of carbonyl (C=O) groups excluding carboxylic acids is 1. The van der Waals surface area contributed by atoms with Crippen molar-refractivity contribution in [1.29, 1.82) is 0 Å². The second-order valence-electron chi connectivity index (χ2n) is 5.99. The molecule has 0 N–H and O–H groups in total. The Morgan fingerprint density at radius 3 is 2.58 bits per heavy atom. The van der Waals surface area contributed by atoms with E-state index in [2.05, 4.69) is 29.2 Å². The van der Waals surface area contributed by atoms with Crippen molar-refractivity contribution in [3.63, 3.8) is 0 Å². The second-order valence-corrected chi connectivity index (χ2v) is 5.99. The van der Waals surface area contributed by atoms with Crippen LogP contribution < -0.4 is 4.74 Å². The number of benzene rings is 2. The van der Waals surface area contributed by atoms with E-state index < -0.39 is 0 Å². The first-order valence-electron chi connectivity index (χ1n) is 8.44. The zero-order valence-corrected chi connectivity index (χ0v) is 14.0. The van der Waals surface area contributed by atoms with E-state index in [1.54, 1.807) is 19.1 Å². The van der Waals surface area contributed by atoms with Gasteiger partial charge in [0.2, 0.25) is 0 Å². The van der Waals surface area contributed by atoms with Crippen molar-refractivity contribution >= 4 is 5.97 Å². The summed E-state index contributed by atoms with van der Waals surface area (Å²) in [6.07, 6.45) is 1.22. The minimum Gasteiger partial charge on any atom is -0.489 e. The van der Waals surface area contributed by atoms with Crippen LogP contribution in [0.25, 0.3) is 0 Å². The predicted molar refractivity (Wildman–Crippen MR) is 93.2 cm³/mol. The van der Waals surface area contributed by atoms with Gasteiger partial charge in [0.05, 0.1) is 12.2 Å². The first kappa shape index (κ1) is 16.5. The van der Waals surface area contributed by atoms with Crippen molar-refractivity contribution in [2.24, 2.45) is 0 Å². The highest BCUT2D eigenvalue weighted by Gasteiger charge is 2.24. The molecule has 0 aromatic heterocycles. The zero-order valence-electron chi connectivity index (χ0n) is 14.0. The number of esters is 1. The molecule has 3 rings (SSSR count). The summed E-state index contributed by atoms with van der Waals surface area (Å²) in [4.78, 5) is 14.1. The van der Waals surface area contributed by atoms with Gasteiger partial charge in [0.25, 0.3) is 0 Å². The number of likely N-dealkylation sites (tertiary alicyclic amines) is 1. The van der Waals surface area contributed by atoms with Gasteiger partial charge in [-0.05, 0) is 43.2 Å². The summed E-state index contributed by atoms with van der Waals surface area (Å²) in [5.74, 6) is 0.508. The van der Waals surface area contributed by atoms with Gasteiger partial charge in [0, 0.05) is 19.6 Å². The average molecular weight is 325 g/mol. The summed E-state index contributed by atoms with van der Waals surface area (Å²) in [6, 6.07) is 17.7. The highest BCUT2D eigenvalue weighted by Crippen LogP contribution is 2.20. The molecule has 0 amide bonds. The molecule has 0 unspecified atom stereocenters. The van der Waals surface area contributed by atoms with Crippen LogP contribution in [0.1, 0.15) is 29.3 Å². The normalized spacial score (nSPS) is 17.6. The fourth-order valence-corrected chi connectivity index (χ4v) is 2.96. The molecule has 0 bridgehead atoms. The summed E-state index contributed by atoms with van der Waals surface area (Å²) in [5.41, 5.74) is 1.89. The maximum Gasteiger partial charge on any atom is 0.338 e. The lowest BCUT2D eigenvalue weighted by molar-refractivity contribution is 0.0526. The van der Waals surface area contributed by atoms with Gasteiger partial charge in [-0.3, -0.25) is 4.90 Å². The third-order valence-electron chi connectivity index (χ3n) is 4.15. The van der Waals surface area contributed by atoms with Crippen LogP contribution in [-0.4, -0.2) is 36.7 Å². The van der Waals surface area contributed by atoms with Crippen molar-refractivity contribution in [2.45, 2.75) is 26.0 Å². The monoisotopic (exact) mass is 325 g/mol. The van der Waals surface area contributed by atoms with Crippen LogP contribution in [0.15, 0.2) is 54.6 Å². The zero-order chi connectivity index (χ0) is 16.8. The van der Waals surface area contributed by atoms with Crippen LogP contribution in [0.4, 0.5) is 0 Å².